The third-order valence-corrected chi connectivity index (χ3v) is 5.11. The van der Waals surface area contributed by atoms with Crippen LogP contribution in [0.2, 0.25) is 10.3 Å². The molecule has 1 fully saturated rings. The molecule has 0 aliphatic heterocycles. The summed E-state index contributed by atoms with van der Waals surface area (Å²) >= 11 is 16.2. The summed E-state index contributed by atoms with van der Waals surface area (Å²) < 4.78 is 1.01. The van der Waals surface area contributed by atoms with Crippen LogP contribution in [0.4, 0.5) is 0 Å². The van der Waals surface area contributed by atoms with Gasteiger partial charge in [-0.2, -0.15) is 0 Å². The normalized spacial score (nSPS) is 21.7. The van der Waals surface area contributed by atoms with E-state index in [1.807, 2.05) is 24.3 Å². The highest BCUT2D eigenvalue weighted by atomic mass is 79.9. The van der Waals surface area contributed by atoms with Crippen LogP contribution >= 0.6 is 39.1 Å². The van der Waals surface area contributed by atoms with Crippen molar-refractivity contribution in [2.24, 2.45) is 5.92 Å². The van der Waals surface area contributed by atoms with E-state index >= 15 is 0 Å². The van der Waals surface area contributed by atoms with Crippen LogP contribution in [-0.4, -0.2) is 9.97 Å². The number of rotatable bonds is 2. The molecule has 1 aromatic carbocycles. The van der Waals surface area contributed by atoms with Gasteiger partial charge in [0.05, 0.1) is 5.56 Å². The summed E-state index contributed by atoms with van der Waals surface area (Å²) in [7, 11) is 0. The van der Waals surface area contributed by atoms with Crippen LogP contribution in [0.5, 0.6) is 0 Å². The van der Waals surface area contributed by atoms with Gasteiger partial charge >= 0.3 is 0 Å². The summed E-state index contributed by atoms with van der Waals surface area (Å²) in [6, 6.07) is 7.82. The summed E-state index contributed by atoms with van der Waals surface area (Å²) in [5.74, 6) is 1.89. The van der Waals surface area contributed by atoms with E-state index in [1.54, 1.807) is 0 Å². The Labute approximate surface area is 143 Å². The van der Waals surface area contributed by atoms with Crippen molar-refractivity contribution in [2.75, 3.05) is 0 Å². The van der Waals surface area contributed by atoms with Gasteiger partial charge in [-0.3, -0.25) is 0 Å². The first-order valence-corrected chi connectivity index (χ1v) is 8.58. The summed E-state index contributed by atoms with van der Waals surface area (Å²) in [5.41, 5.74) is 1.64. The molecule has 3 rings (SSSR count). The molecular weight excluding hydrogens is 371 g/mol. The van der Waals surface area contributed by atoms with Crippen molar-refractivity contribution in [3.05, 3.63) is 44.9 Å². The molecule has 1 heterocycles. The second-order valence-electron chi connectivity index (χ2n) is 5.66. The molecule has 2 unspecified atom stereocenters. The topological polar surface area (TPSA) is 25.8 Å². The second kappa shape index (κ2) is 6.23. The Morgan fingerprint density at radius 1 is 1.05 bits per heavy atom. The fourth-order valence-electron chi connectivity index (χ4n) is 2.90. The maximum Gasteiger partial charge on any atom is 0.142 e. The van der Waals surface area contributed by atoms with E-state index in [0.717, 1.165) is 34.6 Å². The van der Waals surface area contributed by atoms with Crippen LogP contribution in [-0.2, 0) is 0 Å². The summed E-state index contributed by atoms with van der Waals surface area (Å²) in [5, 5.41) is 0.874. The van der Waals surface area contributed by atoms with Gasteiger partial charge in [-0.1, -0.05) is 58.2 Å². The van der Waals surface area contributed by atoms with E-state index in [2.05, 4.69) is 32.8 Å². The standard InChI is InChI=1S/C16H15BrCl2N2/c1-9-2-3-11(8-9)16-20-14(18)13(15(19)21-16)10-4-6-12(17)7-5-10/h4-7,9,11H,2-3,8H2,1H3. The quantitative estimate of drug-likeness (QED) is 0.582. The SMILES string of the molecule is CC1CCC(c2nc(Cl)c(-c3ccc(Br)cc3)c(Cl)n2)C1. The Bertz CT molecular complexity index is 635. The maximum absolute atomic E-state index is 6.38. The van der Waals surface area contributed by atoms with Gasteiger partial charge in [-0.25, -0.2) is 9.97 Å². The lowest BCUT2D eigenvalue weighted by Crippen LogP contribution is -2.03. The highest BCUT2D eigenvalue weighted by Gasteiger charge is 2.26. The zero-order chi connectivity index (χ0) is 15.0. The fourth-order valence-corrected chi connectivity index (χ4v) is 3.79. The van der Waals surface area contributed by atoms with Crippen molar-refractivity contribution in [1.82, 2.24) is 9.97 Å². The number of benzene rings is 1. The van der Waals surface area contributed by atoms with E-state index in [1.165, 1.54) is 6.42 Å². The molecule has 1 aliphatic rings. The minimum Gasteiger partial charge on any atom is -0.220 e. The van der Waals surface area contributed by atoms with Gasteiger partial charge < -0.3 is 0 Å². The highest BCUT2D eigenvalue weighted by Crippen LogP contribution is 2.39. The molecule has 1 saturated carbocycles. The second-order valence-corrected chi connectivity index (χ2v) is 7.29. The van der Waals surface area contributed by atoms with Gasteiger partial charge in [-0.15, -0.1) is 0 Å². The van der Waals surface area contributed by atoms with E-state index < -0.39 is 0 Å². The lowest BCUT2D eigenvalue weighted by atomic mass is 10.0. The minimum absolute atomic E-state index is 0.383. The molecule has 1 aromatic heterocycles. The Morgan fingerprint density at radius 2 is 1.67 bits per heavy atom. The van der Waals surface area contributed by atoms with Gasteiger partial charge in [0.1, 0.15) is 16.1 Å². The summed E-state index contributed by atoms with van der Waals surface area (Å²) in [4.78, 5) is 9.01. The van der Waals surface area contributed by atoms with E-state index in [9.17, 15) is 0 Å². The largest absolute Gasteiger partial charge is 0.220 e. The number of aromatic nitrogens is 2. The maximum atomic E-state index is 6.38. The van der Waals surface area contributed by atoms with Crippen molar-refractivity contribution in [3.8, 4) is 11.1 Å². The molecule has 0 saturated heterocycles. The lowest BCUT2D eigenvalue weighted by Gasteiger charge is -2.12. The van der Waals surface area contributed by atoms with Crippen molar-refractivity contribution in [2.45, 2.75) is 32.1 Å². The van der Waals surface area contributed by atoms with Crippen molar-refractivity contribution in [3.63, 3.8) is 0 Å². The Hall–Kier alpha value is -0.640. The number of halogens is 3. The first-order valence-electron chi connectivity index (χ1n) is 7.03. The van der Waals surface area contributed by atoms with Crippen LogP contribution in [0, 0.1) is 5.92 Å². The minimum atomic E-state index is 0.383. The number of hydrogen-bond donors (Lipinski definition) is 0. The molecule has 0 radical (unpaired) electrons. The molecule has 5 heteroatoms. The first kappa shape index (κ1) is 15.3. The molecule has 0 amide bonds. The smallest absolute Gasteiger partial charge is 0.142 e. The molecular formula is C16H15BrCl2N2. The molecule has 21 heavy (non-hydrogen) atoms. The van der Waals surface area contributed by atoms with E-state index in [-0.39, 0.29) is 0 Å². The first-order chi connectivity index (χ1) is 10.0. The molecule has 2 aromatic rings. The fraction of sp³-hybridized carbons (Fsp3) is 0.375. The van der Waals surface area contributed by atoms with Gasteiger partial charge in [0.15, 0.2) is 0 Å². The Morgan fingerprint density at radius 3 is 2.19 bits per heavy atom. The van der Waals surface area contributed by atoms with Crippen molar-refractivity contribution in [1.29, 1.82) is 0 Å². The third-order valence-electron chi connectivity index (χ3n) is 4.03. The molecule has 0 N–H and O–H groups in total. The number of hydrogen-bond acceptors (Lipinski definition) is 2. The van der Waals surface area contributed by atoms with E-state index in [4.69, 9.17) is 23.2 Å². The predicted molar refractivity (Wildman–Crippen MR) is 90.9 cm³/mol. The summed E-state index contributed by atoms with van der Waals surface area (Å²) in [6.07, 6.45) is 3.45. The molecule has 2 atom stereocenters. The van der Waals surface area contributed by atoms with Crippen molar-refractivity contribution < 1.29 is 0 Å². The Kier molecular flexibility index (Phi) is 4.53. The molecule has 0 spiro atoms. The lowest BCUT2D eigenvalue weighted by molar-refractivity contribution is 0.585. The van der Waals surface area contributed by atoms with Crippen LogP contribution in [0.1, 0.15) is 37.9 Å². The van der Waals surface area contributed by atoms with Crippen molar-refractivity contribution >= 4 is 39.1 Å². The molecule has 110 valence electrons. The zero-order valence-electron chi connectivity index (χ0n) is 11.6. The van der Waals surface area contributed by atoms with Gasteiger partial charge in [0.25, 0.3) is 0 Å². The monoisotopic (exact) mass is 384 g/mol. The van der Waals surface area contributed by atoms with E-state index in [0.29, 0.717) is 21.8 Å². The predicted octanol–water partition coefficient (Wildman–Crippen LogP) is 6.12. The molecule has 0 bridgehead atoms. The summed E-state index contributed by atoms with van der Waals surface area (Å²) in [6.45, 7) is 2.26. The van der Waals surface area contributed by atoms with Gasteiger partial charge in [0, 0.05) is 10.4 Å². The molecule has 1 aliphatic carbocycles. The Balaban J connectivity index is 1.98. The zero-order valence-corrected chi connectivity index (χ0v) is 14.7. The third kappa shape index (κ3) is 3.25. The average Bonchev–Trinajstić information content (AvgIpc) is 2.87. The van der Waals surface area contributed by atoms with Crippen LogP contribution in [0.3, 0.4) is 0 Å². The average molecular weight is 386 g/mol. The molecule has 2 nitrogen and oxygen atoms in total. The van der Waals surface area contributed by atoms with Crippen LogP contribution in [0.15, 0.2) is 28.7 Å². The van der Waals surface area contributed by atoms with Crippen LogP contribution < -0.4 is 0 Å². The van der Waals surface area contributed by atoms with Gasteiger partial charge in [-0.05, 0) is 42.9 Å². The highest BCUT2D eigenvalue weighted by molar-refractivity contribution is 9.10. The number of nitrogens with zero attached hydrogens (tertiary/aromatic N) is 2. The van der Waals surface area contributed by atoms with Crippen LogP contribution in [0.25, 0.3) is 11.1 Å². The van der Waals surface area contributed by atoms with Gasteiger partial charge in [0.2, 0.25) is 0 Å².